The monoisotopic (exact) mass is 224 g/mol. The molecular formula is C14H24O2. The zero-order valence-corrected chi connectivity index (χ0v) is 8.75. The minimum atomic E-state index is 0. The van der Waals surface area contributed by atoms with Gasteiger partial charge in [-0.3, -0.25) is 0 Å². The van der Waals surface area contributed by atoms with Crippen molar-refractivity contribution >= 4 is 0 Å². The third-order valence-electron chi connectivity index (χ3n) is 2.75. The van der Waals surface area contributed by atoms with E-state index in [1.165, 1.54) is 5.56 Å². The first kappa shape index (κ1) is 14.8. The molecule has 2 rings (SSSR count). The summed E-state index contributed by atoms with van der Waals surface area (Å²) in [5.74, 6) is 2.36. The lowest BCUT2D eigenvalue weighted by atomic mass is 9.98. The van der Waals surface area contributed by atoms with Gasteiger partial charge in [-0.1, -0.05) is 34.8 Å². The van der Waals surface area contributed by atoms with Crippen LogP contribution in [0.15, 0.2) is 18.2 Å². The van der Waals surface area contributed by atoms with Crippen molar-refractivity contribution < 1.29 is 9.47 Å². The molecule has 92 valence electrons. The summed E-state index contributed by atoms with van der Waals surface area (Å²) in [5, 5.41) is 0. The molecule has 16 heavy (non-hydrogen) atoms. The van der Waals surface area contributed by atoms with Crippen LogP contribution in [0.5, 0.6) is 11.5 Å². The number of ether oxygens (including phenoxy) is 2. The molecule has 0 aliphatic carbocycles. The lowest BCUT2D eigenvalue weighted by Crippen LogP contribution is -2.15. The predicted octanol–water partition coefficient (Wildman–Crippen LogP) is 4.24. The van der Waals surface area contributed by atoms with Crippen molar-refractivity contribution in [2.75, 3.05) is 13.2 Å². The number of hydrogen-bond acceptors (Lipinski definition) is 2. The Balaban J connectivity index is 0.00000112. The van der Waals surface area contributed by atoms with E-state index in [9.17, 15) is 0 Å². The van der Waals surface area contributed by atoms with Gasteiger partial charge in [0.05, 0.1) is 0 Å². The normalized spacial score (nSPS) is 14.4. The zero-order chi connectivity index (χ0) is 9.97. The molecule has 1 atom stereocenters. The van der Waals surface area contributed by atoms with Gasteiger partial charge in [0.2, 0.25) is 0 Å². The van der Waals surface area contributed by atoms with Crippen molar-refractivity contribution in [3.8, 4) is 11.5 Å². The quantitative estimate of drug-likeness (QED) is 0.748. The second kappa shape index (κ2) is 6.41. The molecule has 0 aromatic heterocycles. The van der Waals surface area contributed by atoms with E-state index in [2.05, 4.69) is 26.0 Å². The molecule has 0 amide bonds. The van der Waals surface area contributed by atoms with E-state index < -0.39 is 0 Å². The second-order valence-electron chi connectivity index (χ2n) is 3.71. The zero-order valence-electron chi connectivity index (χ0n) is 8.75. The summed E-state index contributed by atoms with van der Waals surface area (Å²) in [7, 11) is 0. The summed E-state index contributed by atoms with van der Waals surface area (Å²) in [6.07, 6.45) is 1.15. The Morgan fingerprint density at radius 1 is 1.12 bits per heavy atom. The van der Waals surface area contributed by atoms with Crippen LogP contribution >= 0.6 is 0 Å². The summed E-state index contributed by atoms with van der Waals surface area (Å²) in [5.41, 5.74) is 1.33. The Labute approximate surface area is 99.6 Å². The average molecular weight is 224 g/mol. The Hall–Kier alpha value is -1.18. The van der Waals surface area contributed by atoms with Gasteiger partial charge in [0.15, 0.2) is 11.5 Å². The molecule has 2 nitrogen and oxygen atoms in total. The van der Waals surface area contributed by atoms with Crippen molar-refractivity contribution in [1.29, 1.82) is 0 Å². The molecule has 0 saturated carbocycles. The van der Waals surface area contributed by atoms with Gasteiger partial charge in [-0.15, -0.1) is 0 Å². The molecule has 0 bridgehead atoms. The highest BCUT2D eigenvalue weighted by Gasteiger charge is 2.13. The van der Waals surface area contributed by atoms with Crippen LogP contribution in [0.25, 0.3) is 0 Å². The Bertz CT molecular complexity index is 321. The van der Waals surface area contributed by atoms with Crippen LogP contribution in [0.3, 0.4) is 0 Å². The summed E-state index contributed by atoms with van der Waals surface area (Å²) in [6.45, 7) is 5.75. The highest BCUT2D eigenvalue weighted by atomic mass is 16.6. The first-order valence-corrected chi connectivity index (χ1v) is 5.21. The molecule has 1 aliphatic heterocycles. The van der Waals surface area contributed by atoms with Gasteiger partial charge in [0, 0.05) is 0 Å². The molecule has 1 aromatic rings. The third kappa shape index (κ3) is 2.91. The number of fused-ring (bicyclic) bond motifs is 1. The molecule has 1 aromatic carbocycles. The third-order valence-corrected chi connectivity index (χ3v) is 2.75. The smallest absolute Gasteiger partial charge is 0.161 e. The molecule has 0 saturated heterocycles. The van der Waals surface area contributed by atoms with E-state index in [1.807, 2.05) is 6.07 Å². The van der Waals surface area contributed by atoms with E-state index in [0.717, 1.165) is 17.9 Å². The van der Waals surface area contributed by atoms with Crippen molar-refractivity contribution in [3.05, 3.63) is 23.8 Å². The minimum absolute atomic E-state index is 0. The van der Waals surface area contributed by atoms with Crippen LogP contribution in [0.1, 0.15) is 46.6 Å². The summed E-state index contributed by atoms with van der Waals surface area (Å²) in [4.78, 5) is 0. The maximum absolute atomic E-state index is 5.53. The Morgan fingerprint density at radius 2 is 1.75 bits per heavy atom. The van der Waals surface area contributed by atoms with E-state index in [1.54, 1.807) is 0 Å². The van der Waals surface area contributed by atoms with Crippen molar-refractivity contribution in [2.45, 2.75) is 41.0 Å². The first-order valence-electron chi connectivity index (χ1n) is 5.21. The molecular weight excluding hydrogens is 200 g/mol. The van der Waals surface area contributed by atoms with Crippen LogP contribution in [0.2, 0.25) is 0 Å². The van der Waals surface area contributed by atoms with Gasteiger partial charge in [-0.05, 0) is 30.0 Å². The van der Waals surface area contributed by atoms with Crippen molar-refractivity contribution in [1.82, 2.24) is 0 Å². The summed E-state index contributed by atoms with van der Waals surface area (Å²) in [6, 6.07) is 6.24. The standard InChI is InChI=1S/C12H16O2.2CH4/c1-3-9(2)10-4-5-11-12(8-10)14-7-6-13-11;;/h4-5,8-9H,3,6-7H2,1-2H3;2*1H4. The topological polar surface area (TPSA) is 18.5 Å². The van der Waals surface area contributed by atoms with Gasteiger partial charge in [-0.2, -0.15) is 0 Å². The first-order chi connectivity index (χ1) is 6.81. The van der Waals surface area contributed by atoms with Crippen LogP contribution in [-0.4, -0.2) is 13.2 Å². The highest BCUT2D eigenvalue weighted by molar-refractivity contribution is 5.44. The van der Waals surface area contributed by atoms with E-state index >= 15 is 0 Å². The van der Waals surface area contributed by atoms with Gasteiger partial charge < -0.3 is 9.47 Å². The second-order valence-corrected chi connectivity index (χ2v) is 3.71. The highest BCUT2D eigenvalue weighted by Crippen LogP contribution is 2.33. The van der Waals surface area contributed by atoms with Gasteiger partial charge in [-0.25, -0.2) is 0 Å². The van der Waals surface area contributed by atoms with E-state index in [0.29, 0.717) is 19.1 Å². The lowest BCUT2D eigenvalue weighted by molar-refractivity contribution is 0.171. The SMILES string of the molecule is C.C.CCC(C)c1ccc2c(c1)OCCO2. The van der Waals surface area contributed by atoms with Crippen molar-refractivity contribution in [2.24, 2.45) is 0 Å². The van der Waals surface area contributed by atoms with Crippen LogP contribution in [-0.2, 0) is 0 Å². The molecule has 1 aliphatic rings. The number of rotatable bonds is 2. The van der Waals surface area contributed by atoms with Crippen LogP contribution in [0.4, 0.5) is 0 Å². The summed E-state index contributed by atoms with van der Waals surface area (Å²) >= 11 is 0. The van der Waals surface area contributed by atoms with E-state index in [-0.39, 0.29) is 14.9 Å². The largest absolute Gasteiger partial charge is 0.486 e. The van der Waals surface area contributed by atoms with Gasteiger partial charge in [0.25, 0.3) is 0 Å². The van der Waals surface area contributed by atoms with Gasteiger partial charge in [0.1, 0.15) is 13.2 Å². The molecule has 0 spiro atoms. The molecule has 0 N–H and O–H groups in total. The Kier molecular flexibility index (Phi) is 5.94. The van der Waals surface area contributed by atoms with E-state index in [4.69, 9.17) is 9.47 Å². The minimum Gasteiger partial charge on any atom is -0.486 e. The number of hydrogen-bond donors (Lipinski definition) is 0. The molecule has 2 heteroatoms. The maximum atomic E-state index is 5.53. The fourth-order valence-electron chi connectivity index (χ4n) is 1.60. The average Bonchev–Trinajstić information content (AvgIpc) is 2.27. The van der Waals surface area contributed by atoms with Crippen molar-refractivity contribution in [3.63, 3.8) is 0 Å². The molecule has 0 radical (unpaired) electrons. The molecule has 1 unspecified atom stereocenters. The fraction of sp³-hybridized carbons (Fsp3) is 0.571. The summed E-state index contributed by atoms with van der Waals surface area (Å²) < 4.78 is 11.0. The molecule has 0 fully saturated rings. The molecule has 1 heterocycles. The van der Waals surface area contributed by atoms with Gasteiger partial charge >= 0.3 is 0 Å². The Morgan fingerprint density at radius 3 is 2.38 bits per heavy atom. The lowest BCUT2D eigenvalue weighted by Gasteiger charge is -2.20. The van der Waals surface area contributed by atoms with Crippen LogP contribution in [0, 0.1) is 0 Å². The van der Waals surface area contributed by atoms with Crippen LogP contribution < -0.4 is 9.47 Å². The predicted molar refractivity (Wildman–Crippen MR) is 69.6 cm³/mol. The fourth-order valence-corrected chi connectivity index (χ4v) is 1.60. The maximum Gasteiger partial charge on any atom is 0.161 e. The number of benzene rings is 1.